The average molecular weight is 1820 g/mol. The molecule has 0 unspecified atom stereocenters. The molecule has 0 bridgehead atoms. The molecule has 0 N–H and O–H groups in total. The largest absolute Gasteiger partial charge is 3.00 e. The summed E-state index contributed by atoms with van der Waals surface area (Å²) in [6.45, 7) is 0. The van der Waals surface area contributed by atoms with Crippen LogP contribution in [0, 0.1) is 0 Å². The van der Waals surface area contributed by atoms with Crippen LogP contribution in [-0.4, -0.2) is 52.8 Å². The van der Waals surface area contributed by atoms with Crippen LogP contribution in [0.4, 0.5) is 0 Å². The van der Waals surface area contributed by atoms with Crippen molar-refractivity contribution in [1.82, 2.24) is 0 Å². The Balaban J connectivity index is 0.000000176. The van der Waals surface area contributed by atoms with Gasteiger partial charge in [0.15, 0.2) is 52.8 Å². The van der Waals surface area contributed by atoms with Gasteiger partial charge < -0.3 is 0 Å². The summed E-state index contributed by atoms with van der Waals surface area (Å²) in [4.78, 5) is 0. The minimum absolute atomic E-state index is 0. The van der Waals surface area contributed by atoms with Crippen molar-refractivity contribution in [3.8, 4) is 0 Å². The summed E-state index contributed by atoms with van der Waals surface area (Å²) in [5.41, 5.74) is 0. The predicted octanol–water partition coefficient (Wildman–Crippen LogP) is 13.2. The van der Waals surface area contributed by atoms with E-state index in [4.69, 9.17) is 0 Å². The van der Waals surface area contributed by atoms with Gasteiger partial charge in [-0.1, -0.05) is 639 Å². The van der Waals surface area contributed by atoms with E-state index in [1.165, 1.54) is 93.4 Å². The first-order valence-electron chi connectivity index (χ1n) is 38.9. The van der Waals surface area contributed by atoms with Crippen molar-refractivity contribution < 1.29 is 86.8 Å². The molecular weight excluding hydrogens is 1730 g/mol. The van der Waals surface area contributed by atoms with E-state index < -0.39 is 52.8 Å². The van der Waals surface area contributed by atoms with Gasteiger partial charge in [-0.3, -0.25) is 0 Å². The molecule has 570 valence electrons. The van der Waals surface area contributed by atoms with Crippen LogP contribution in [0.5, 0.6) is 0 Å². The molecule has 0 aliphatic carbocycles. The maximum atomic E-state index is 2.24. The third-order valence-electron chi connectivity index (χ3n) is 19.1. The molecule has 0 spiro atoms. The summed E-state index contributed by atoms with van der Waals surface area (Å²) >= 11 is 0. The molecule has 0 aromatic heterocycles. The summed E-state index contributed by atoms with van der Waals surface area (Å²) in [5.74, 6) is 0. The predicted molar refractivity (Wildman–Crippen MR) is 504 cm³/mol. The monoisotopic (exact) mass is 1810 g/mol. The van der Waals surface area contributed by atoms with Crippen LogP contribution in [0.15, 0.2) is 546 Å². The molecule has 11 heteroatoms. The van der Waals surface area contributed by atoms with Crippen molar-refractivity contribution in [2.24, 2.45) is 0 Å². The zero-order valence-electron chi connectivity index (χ0n) is 66.0. The van der Waals surface area contributed by atoms with Crippen molar-refractivity contribution in [2.75, 3.05) is 0 Å². The van der Waals surface area contributed by atoms with Crippen molar-refractivity contribution in [3.05, 3.63) is 546 Å². The molecule has 0 amide bonds. The fraction of sp³-hybridized carbons (Fsp3) is 0. The Labute approximate surface area is 771 Å². The van der Waals surface area contributed by atoms with Gasteiger partial charge in [0, 0.05) is 52.1 Å². The van der Waals surface area contributed by atoms with Gasteiger partial charge in [0.05, 0.1) is 0 Å². The van der Waals surface area contributed by atoms with E-state index in [0.717, 1.165) is 0 Å². The second-order valence-electron chi connectivity index (χ2n) is 26.8. The van der Waals surface area contributed by atoms with Crippen LogP contribution in [0.2, 0.25) is 0 Å². The first kappa shape index (κ1) is 94.4. The molecule has 0 aliphatic rings. The second-order valence-corrected chi connectivity index (χ2v) is 41.7. The summed E-state index contributed by atoms with van der Waals surface area (Å²) in [5, 5.41) is 25.8. The average Bonchev–Trinajstić information content (AvgIpc) is 0.854. The smallest absolute Gasteiger partial charge is 0.0624 e. The topological polar surface area (TPSA) is 0 Å². The standard InChI is InChI=1S/6C18H15Si.5Cr/c6*1-4-10-16(11-5-1)19(17-12-6-2-7-13-17)18-14-8-3-9-15-18;;;;;/h6*1-15H;;;;;/q;;;;;;;;;2*+3. The quantitative estimate of drug-likeness (QED) is 0.0593. The minimum atomic E-state index is -0.877. The van der Waals surface area contributed by atoms with Crippen LogP contribution < -0.4 is 93.4 Å². The van der Waals surface area contributed by atoms with Gasteiger partial charge in [0.2, 0.25) is 0 Å². The summed E-state index contributed by atoms with van der Waals surface area (Å²) < 4.78 is 0. The fourth-order valence-corrected chi connectivity index (χ4v) is 29.4. The zero-order chi connectivity index (χ0) is 77.5. The molecule has 0 atom stereocenters. The van der Waals surface area contributed by atoms with E-state index in [-0.39, 0.29) is 86.8 Å². The van der Waals surface area contributed by atoms with Gasteiger partial charge in [-0.15, -0.1) is 0 Å². The number of hydrogen-bond acceptors (Lipinski definition) is 0. The number of rotatable bonds is 18. The fourth-order valence-electron chi connectivity index (χ4n) is 13.9. The van der Waals surface area contributed by atoms with Crippen LogP contribution in [0.1, 0.15) is 0 Å². The Kier molecular flexibility index (Phi) is 42.4. The molecule has 8 radical (unpaired) electrons. The first-order valence-corrected chi connectivity index (χ1v) is 47.9. The molecule has 18 rings (SSSR count). The third-order valence-corrected chi connectivity index (χ3v) is 35.5. The number of benzene rings is 18. The van der Waals surface area contributed by atoms with Gasteiger partial charge in [-0.25, -0.2) is 0 Å². The SMILES string of the molecule is [Cr+3].[Cr+3].[Cr].[Cr].[Cr].c1ccc([Si](c2ccccc2)c2ccccc2)cc1.c1ccc([Si](c2ccccc2)c2ccccc2)cc1.c1ccc([Si](c2ccccc2)c2ccccc2)cc1.c1ccc([Si](c2ccccc2)c2ccccc2)cc1.c1ccc([Si](c2ccccc2)c2ccccc2)cc1.c1ccc([Si](c2ccccc2)c2ccccc2)cc1. The van der Waals surface area contributed by atoms with Gasteiger partial charge in [0.1, 0.15) is 0 Å². The molecule has 18 aromatic rings. The van der Waals surface area contributed by atoms with Gasteiger partial charge in [-0.2, -0.15) is 0 Å². The molecule has 119 heavy (non-hydrogen) atoms. The summed E-state index contributed by atoms with van der Waals surface area (Å²) in [6.07, 6.45) is 0. The molecule has 18 aromatic carbocycles. The Bertz CT molecular complexity index is 4090. The van der Waals surface area contributed by atoms with Gasteiger partial charge >= 0.3 is 34.7 Å². The Hall–Kier alpha value is -10.1. The van der Waals surface area contributed by atoms with E-state index in [2.05, 4.69) is 546 Å². The molecule has 0 saturated carbocycles. The molecule has 0 saturated heterocycles. The van der Waals surface area contributed by atoms with Crippen LogP contribution in [0.3, 0.4) is 0 Å². The molecule has 0 heterocycles. The van der Waals surface area contributed by atoms with E-state index in [1.54, 1.807) is 0 Å². The van der Waals surface area contributed by atoms with E-state index in [0.29, 0.717) is 0 Å². The Morgan fingerprint density at radius 2 is 0.118 bits per heavy atom. The van der Waals surface area contributed by atoms with E-state index in [9.17, 15) is 0 Å². The third kappa shape index (κ3) is 28.6. The maximum Gasteiger partial charge on any atom is 3.00 e. The summed E-state index contributed by atoms with van der Waals surface area (Å²) in [6, 6.07) is 195. The van der Waals surface area contributed by atoms with Crippen molar-refractivity contribution in [1.29, 1.82) is 0 Å². The van der Waals surface area contributed by atoms with Crippen LogP contribution >= 0.6 is 0 Å². The molecular formula is C108H90Cr5Si6+6. The van der Waals surface area contributed by atoms with Crippen molar-refractivity contribution in [2.45, 2.75) is 0 Å². The van der Waals surface area contributed by atoms with E-state index in [1.807, 2.05) is 0 Å². The first-order chi connectivity index (χ1) is 56.7. The van der Waals surface area contributed by atoms with Crippen LogP contribution in [0.25, 0.3) is 0 Å². The van der Waals surface area contributed by atoms with Gasteiger partial charge in [-0.05, 0) is 0 Å². The van der Waals surface area contributed by atoms with E-state index >= 15 is 0 Å². The Morgan fingerprint density at radius 1 is 0.0756 bits per heavy atom. The molecule has 0 aliphatic heterocycles. The van der Waals surface area contributed by atoms with Crippen molar-refractivity contribution >= 4 is 146 Å². The molecule has 0 nitrogen and oxygen atoms in total. The number of hydrogen-bond donors (Lipinski definition) is 0. The second kappa shape index (κ2) is 53.5. The normalized spacial score (nSPS) is 10.1. The molecule has 0 fully saturated rings. The van der Waals surface area contributed by atoms with Crippen molar-refractivity contribution in [3.63, 3.8) is 0 Å². The van der Waals surface area contributed by atoms with Crippen LogP contribution in [-0.2, 0) is 86.8 Å². The van der Waals surface area contributed by atoms with Gasteiger partial charge in [0.25, 0.3) is 0 Å². The maximum absolute atomic E-state index is 2.24. The minimum Gasteiger partial charge on any atom is -0.0624 e. The Morgan fingerprint density at radius 3 is 0.160 bits per heavy atom. The zero-order valence-corrected chi connectivity index (χ0v) is 78.4. The summed E-state index contributed by atoms with van der Waals surface area (Å²) in [7, 11) is -5.26.